The van der Waals surface area contributed by atoms with Gasteiger partial charge in [0.05, 0.1) is 36.4 Å². The number of rotatable bonds is 10. The summed E-state index contributed by atoms with van der Waals surface area (Å²) in [5.74, 6) is -1.23. The monoisotopic (exact) mass is 598 g/mol. The minimum Gasteiger partial charge on any atom is -0.477 e. The molecule has 0 aliphatic carbocycles. The van der Waals surface area contributed by atoms with E-state index in [9.17, 15) is 18.0 Å². The molecule has 0 atom stereocenters. The second kappa shape index (κ2) is 13.0. The summed E-state index contributed by atoms with van der Waals surface area (Å²) in [7, 11) is -3.91. The average molecular weight is 599 g/mol. The Labute approximate surface area is 246 Å². The maximum atomic E-state index is 13.7. The van der Waals surface area contributed by atoms with E-state index in [-0.39, 0.29) is 40.9 Å². The zero-order chi connectivity index (χ0) is 30.5. The lowest BCUT2D eigenvalue weighted by atomic mass is 9.90. The number of aromatic amines is 1. The van der Waals surface area contributed by atoms with Crippen LogP contribution >= 0.6 is 0 Å². The summed E-state index contributed by atoms with van der Waals surface area (Å²) in [4.78, 5) is 37.4. The van der Waals surface area contributed by atoms with Crippen molar-refractivity contribution in [3.8, 4) is 5.88 Å². The van der Waals surface area contributed by atoms with Gasteiger partial charge in [0.2, 0.25) is 15.9 Å². The largest absolute Gasteiger partial charge is 0.477 e. The van der Waals surface area contributed by atoms with Gasteiger partial charge in [-0.1, -0.05) is 33.8 Å². The molecule has 0 saturated carbocycles. The minimum atomic E-state index is -3.91. The number of amides is 2. The Morgan fingerprint density at radius 3 is 2.43 bits per heavy atom. The molecule has 3 aromatic rings. The van der Waals surface area contributed by atoms with E-state index in [1.165, 1.54) is 16.6 Å². The first-order valence-corrected chi connectivity index (χ1v) is 15.3. The Morgan fingerprint density at radius 2 is 1.81 bits per heavy atom. The van der Waals surface area contributed by atoms with Gasteiger partial charge in [-0.15, -0.1) is 0 Å². The molecule has 2 amide bonds. The van der Waals surface area contributed by atoms with Crippen LogP contribution in [0.25, 0.3) is 0 Å². The Balaban J connectivity index is 1.65. The predicted octanol–water partition coefficient (Wildman–Crippen LogP) is 2.40. The number of hydrogen-bond donors (Lipinski definition) is 3. The fourth-order valence-corrected chi connectivity index (χ4v) is 5.93. The number of piperazine rings is 1. The topological polar surface area (TPSA) is 163 Å². The molecule has 1 saturated heterocycles. The molecule has 42 heavy (non-hydrogen) atoms. The van der Waals surface area contributed by atoms with Crippen molar-refractivity contribution in [2.24, 2.45) is 0 Å². The van der Waals surface area contributed by atoms with Gasteiger partial charge in [-0.2, -0.15) is 9.40 Å². The molecule has 14 heteroatoms. The van der Waals surface area contributed by atoms with Crippen molar-refractivity contribution >= 4 is 27.5 Å². The van der Waals surface area contributed by atoms with Crippen molar-refractivity contribution in [2.75, 3.05) is 44.6 Å². The Morgan fingerprint density at radius 1 is 1.07 bits per heavy atom. The Hall–Kier alpha value is -3.88. The van der Waals surface area contributed by atoms with Crippen molar-refractivity contribution in [2.45, 2.75) is 51.5 Å². The van der Waals surface area contributed by atoms with Crippen LogP contribution in [-0.2, 0) is 22.0 Å². The first-order chi connectivity index (χ1) is 20.0. The Kier molecular flexibility index (Phi) is 9.59. The summed E-state index contributed by atoms with van der Waals surface area (Å²) >= 11 is 0. The maximum absolute atomic E-state index is 13.7. The van der Waals surface area contributed by atoms with Crippen molar-refractivity contribution < 1.29 is 22.7 Å². The lowest BCUT2D eigenvalue weighted by Gasteiger charge is -2.33. The number of aromatic nitrogens is 4. The molecular weight excluding hydrogens is 560 g/mol. The van der Waals surface area contributed by atoms with Crippen molar-refractivity contribution in [1.82, 2.24) is 34.7 Å². The molecule has 4 rings (SSSR count). The third-order valence-corrected chi connectivity index (χ3v) is 8.76. The lowest BCUT2D eigenvalue weighted by molar-refractivity contribution is 0.0946. The molecule has 3 aromatic heterocycles. The van der Waals surface area contributed by atoms with Gasteiger partial charge < -0.3 is 20.3 Å². The number of hydrogen-bond acceptors (Lipinski definition) is 9. The number of ether oxygens (including phenoxy) is 1. The first-order valence-electron chi connectivity index (χ1n) is 13.9. The van der Waals surface area contributed by atoms with Crippen LogP contribution in [-0.4, -0.2) is 88.9 Å². The molecule has 1 aliphatic rings. The van der Waals surface area contributed by atoms with E-state index in [2.05, 4.69) is 35.7 Å². The number of carbonyl (C=O) groups excluding carboxylic acids is 2. The summed E-state index contributed by atoms with van der Waals surface area (Å²) in [6.45, 7) is 12.6. The van der Waals surface area contributed by atoms with Gasteiger partial charge in [0.1, 0.15) is 10.5 Å². The second-order valence-corrected chi connectivity index (χ2v) is 12.8. The van der Waals surface area contributed by atoms with E-state index in [0.29, 0.717) is 37.6 Å². The van der Waals surface area contributed by atoms with Crippen molar-refractivity contribution in [3.63, 3.8) is 0 Å². The van der Waals surface area contributed by atoms with E-state index >= 15 is 0 Å². The van der Waals surface area contributed by atoms with Gasteiger partial charge in [0.15, 0.2) is 5.69 Å². The molecule has 1 aliphatic heterocycles. The number of sulfonamides is 1. The molecular formula is C28H38N8O5S. The highest BCUT2D eigenvalue weighted by molar-refractivity contribution is 7.89. The SMILES string of the molecule is CCOc1ncc(S(=O)(=O)N2CCN(CC)CC2)cc1C(=O)Nc1c(C(=O)NCc2ccccn2)n[nH]c1C(C)(C)C. The molecule has 0 unspecified atom stereocenters. The number of carbonyl (C=O) groups is 2. The van der Waals surface area contributed by atoms with E-state index in [1.807, 2.05) is 33.8 Å². The highest BCUT2D eigenvalue weighted by Crippen LogP contribution is 2.32. The number of H-pyrrole nitrogens is 1. The first kappa shape index (κ1) is 31.1. The lowest BCUT2D eigenvalue weighted by Crippen LogP contribution is -2.48. The van der Waals surface area contributed by atoms with Crippen LogP contribution < -0.4 is 15.4 Å². The van der Waals surface area contributed by atoms with Gasteiger partial charge in [0.25, 0.3) is 11.8 Å². The van der Waals surface area contributed by atoms with Crippen molar-refractivity contribution in [3.05, 3.63) is 59.3 Å². The minimum absolute atomic E-state index is 0.0207. The van der Waals surface area contributed by atoms with Crippen molar-refractivity contribution in [1.29, 1.82) is 0 Å². The standard InChI is InChI=1S/C28H38N8O5S/c1-6-35-12-14-36(15-13-35)42(39,40)20-16-21(27(31-18-20)41-7-2)25(37)32-22-23(33-34-24(22)28(3,4)5)26(38)30-17-19-10-8-9-11-29-19/h8-11,16,18H,6-7,12-15,17H2,1-5H3,(H,30,38)(H,32,37)(H,33,34). The van der Waals surface area contributed by atoms with Crippen LogP contribution in [0.1, 0.15) is 66.9 Å². The average Bonchev–Trinajstić information content (AvgIpc) is 3.41. The second-order valence-electron chi connectivity index (χ2n) is 10.8. The summed E-state index contributed by atoms with van der Waals surface area (Å²) in [5, 5.41) is 12.7. The van der Waals surface area contributed by atoms with Gasteiger partial charge in [-0.3, -0.25) is 19.7 Å². The molecule has 13 nitrogen and oxygen atoms in total. The highest BCUT2D eigenvalue weighted by Gasteiger charge is 2.32. The van der Waals surface area contributed by atoms with Gasteiger partial charge in [0, 0.05) is 37.8 Å². The summed E-state index contributed by atoms with van der Waals surface area (Å²) in [6.07, 6.45) is 2.83. The molecule has 0 spiro atoms. The van der Waals surface area contributed by atoms with E-state index in [1.54, 1.807) is 25.3 Å². The van der Waals surface area contributed by atoms with Gasteiger partial charge in [-0.05, 0) is 31.7 Å². The number of anilines is 1. The van der Waals surface area contributed by atoms with E-state index < -0.39 is 27.3 Å². The zero-order valence-electron chi connectivity index (χ0n) is 24.6. The molecule has 3 N–H and O–H groups in total. The third kappa shape index (κ3) is 6.94. The predicted molar refractivity (Wildman–Crippen MR) is 157 cm³/mol. The normalized spacial score (nSPS) is 14.9. The third-order valence-electron chi connectivity index (χ3n) is 6.89. The van der Waals surface area contributed by atoms with E-state index in [4.69, 9.17) is 4.74 Å². The molecule has 0 radical (unpaired) electrons. The van der Waals surface area contributed by atoms with Crippen LogP contribution in [0.15, 0.2) is 41.6 Å². The van der Waals surface area contributed by atoms with Gasteiger partial charge >= 0.3 is 0 Å². The molecule has 4 heterocycles. The van der Waals surface area contributed by atoms with Gasteiger partial charge in [-0.25, -0.2) is 13.4 Å². The maximum Gasteiger partial charge on any atom is 0.274 e. The molecule has 0 bridgehead atoms. The summed E-state index contributed by atoms with van der Waals surface area (Å²) < 4.78 is 33.9. The summed E-state index contributed by atoms with van der Waals surface area (Å²) in [6, 6.07) is 6.64. The van der Waals surface area contributed by atoms with E-state index in [0.717, 1.165) is 6.54 Å². The zero-order valence-corrected chi connectivity index (χ0v) is 25.4. The molecule has 0 aromatic carbocycles. The highest BCUT2D eigenvalue weighted by atomic mass is 32.2. The fraction of sp³-hybridized carbons (Fsp3) is 0.464. The smallest absolute Gasteiger partial charge is 0.274 e. The molecule has 226 valence electrons. The van der Waals surface area contributed by atoms with Crippen LogP contribution in [0.4, 0.5) is 5.69 Å². The van der Waals surface area contributed by atoms with Crippen LogP contribution in [0.3, 0.4) is 0 Å². The Bertz CT molecular complexity index is 1510. The molecule has 1 fully saturated rings. The summed E-state index contributed by atoms with van der Waals surface area (Å²) in [5.41, 5.74) is 0.727. The number of likely N-dealkylation sites (N-methyl/N-ethyl adjacent to an activating group) is 1. The number of pyridine rings is 2. The van der Waals surface area contributed by atoms with Crippen LogP contribution in [0.5, 0.6) is 5.88 Å². The van der Waals surface area contributed by atoms with Crippen LogP contribution in [0.2, 0.25) is 0 Å². The number of nitrogens with one attached hydrogen (secondary N) is 3. The number of nitrogens with zero attached hydrogens (tertiary/aromatic N) is 5. The van der Waals surface area contributed by atoms with Crippen LogP contribution in [0, 0.1) is 0 Å². The fourth-order valence-electron chi connectivity index (χ4n) is 4.53. The quantitative estimate of drug-likeness (QED) is 0.318.